The van der Waals surface area contributed by atoms with Crippen molar-refractivity contribution in [3.05, 3.63) is 312 Å². The molecule has 0 saturated heterocycles. The minimum atomic E-state index is -0.340. The standard InChI is InChI=1S/C77H58N6/c1-2-13-54-18-11-24-66(74(54)78)50-30-34-52(35-31-50)68-46-70(72-62-20-7-3-14-58(62)44-59-15-4-8-21-63(59)72)82-76(80-68)56-38-26-48(27-39-56)49-28-40-57(41-29-49)77-81-69(53-36-32-51(33-37-53)67-25-12-19-55-42-43-79-75(55)67)47-71(83-77)73-64-22-9-5-16-60(64)45-61-17-6-10-23-65(61)73/h2-47,70,76-77,79-82H,78H2,1H3/b13-2-. The van der Waals surface area contributed by atoms with E-state index in [0.717, 1.165) is 89.5 Å². The Morgan fingerprint density at radius 3 is 1.58 bits per heavy atom. The van der Waals surface area contributed by atoms with Gasteiger partial charge in [-0.1, -0.05) is 243 Å². The van der Waals surface area contributed by atoms with E-state index in [9.17, 15) is 0 Å². The van der Waals surface area contributed by atoms with Crippen LogP contribution in [0.15, 0.2) is 278 Å². The smallest absolute Gasteiger partial charge is 0.145 e. The number of nitrogens with two attached hydrogens (primary N) is 1. The van der Waals surface area contributed by atoms with E-state index < -0.39 is 0 Å². The molecular formula is C77H58N6. The first-order valence-electron chi connectivity index (χ1n) is 28.6. The molecule has 15 rings (SSSR count). The van der Waals surface area contributed by atoms with Gasteiger partial charge in [-0.3, -0.25) is 10.3 Å². The van der Waals surface area contributed by atoms with E-state index in [1.807, 2.05) is 19.2 Å². The Bertz CT molecular complexity index is 4670. The first-order chi connectivity index (χ1) is 41.0. The van der Waals surface area contributed by atoms with Crippen LogP contribution in [0.1, 0.15) is 64.2 Å². The van der Waals surface area contributed by atoms with Crippen molar-refractivity contribution in [2.75, 3.05) is 5.73 Å². The lowest BCUT2D eigenvalue weighted by Crippen LogP contribution is -2.39. The fourth-order valence-electron chi connectivity index (χ4n) is 12.7. The molecule has 6 heteroatoms. The van der Waals surface area contributed by atoms with Gasteiger partial charge in [-0.05, 0) is 141 Å². The summed E-state index contributed by atoms with van der Waals surface area (Å²) in [5.74, 6) is 0. The van der Waals surface area contributed by atoms with Crippen LogP contribution in [0.4, 0.5) is 5.69 Å². The zero-order valence-corrected chi connectivity index (χ0v) is 45.8. The molecule has 0 fully saturated rings. The highest BCUT2D eigenvalue weighted by molar-refractivity contribution is 6.26. The molecule has 3 unspecified atom stereocenters. The number of hydrogen-bond donors (Lipinski definition) is 5. The number of para-hydroxylation sites is 2. The Balaban J connectivity index is 0.757. The lowest BCUT2D eigenvalue weighted by atomic mass is 9.89. The molecule has 6 nitrogen and oxygen atoms in total. The number of H-pyrrole nitrogens is 1. The number of fused-ring (bicyclic) bond motifs is 5. The van der Waals surface area contributed by atoms with E-state index in [-0.39, 0.29) is 18.4 Å². The number of benzene rings is 12. The molecule has 396 valence electrons. The minimum absolute atomic E-state index is 0.108. The predicted octanol–water partition coefficient (Wildman–Crippen LogP) is 18.5. The number of rotatable bonds is 10. The third-order valence-corrected chi connectivity index (χ3v) is 16.9. The van der Waals surface area contributed by atoms with E-state index in [4.69, 9.17) is 10.7 Å². The molecule has 3 heterocycles. The zero-order valence-electron chi connectivity index (χ0n) is 45.8. The molecule has 13 aromatic rings. The third-order valence-electron chi connectivity index (χ3n) is 16.9. The van der Waals surface area contributed by atoms with Gasteiger partial charge in [0, 0.05) is 40.0 Å². The zero-order chi connectivity index (χ0) is 55.4. The molecule has 3 atom stereocenters. The van der Waals surface area contributed by atoms with Gasteiger partial charge < -0.3 is 21.4 Å². The number of hydrogen-bond acceptors (Lipinski definition) is 5. The molecule has 83 heavy (non-hydrogen) atoms. The number of allylic oxidation sites excluding steroid dienone is 2. The van der Waals surface area contributed by atoms with Gasteiger partial charge in [-0.2, -0.15) is 0 Å². The highest BCUT2D eigenvalue weighted by atomic mass is 15.2. The second kappa shape index (κ2) is 20.9. The summed E-state index contributed by atoms with van der Waals surface area (Å²) in [5.41, 5.74) is 26.2. The average molecular weight is 1070 g/mol. The van der Waals surface area contributed by atoms with Gasteiger partial charge in [0.15, 0.2) is 0 Å². The number of anilines is 1. The lowest BCUT2D eigenvalue weighted by Gasteiger charge is -2.34. The van der Waals surface area contributed by atoms with Crippen molar-refractivity contribution in [1.82, 2.24) is 20.9 Å². The summed E-state index contributed by atoms with van der Waals surface area (Å²) < 4.78 is 0. The summed E-state index contributed by atoms with van der Waals surface area (Å²) in [6.07, 6.45) is 10.2. The van der Waals surface area contributed by atoms with Gasteiger partial charge in [0.05, 0.1) is 17.3 Å². The molecular weight excluding hydrogens is 1010 g/mol. The van der Waals surface area contributed by atoms with Crippen molar-refractivity contribution >= 4 is 82.9 Å². The molecule has 2 aliphatic rings. The summed E-state index contributed by atoms with van der Waals surface area (Å²) in [4.78, 5) is 9.03. The van der Waals surface area contributed by atoms with Crippen LogP contribution in [-0.4, -0.2) is 10.7 Å². The summed E-state index contributed by atoms with van der Waals surface area (Å²) in [6, 6.07) is 89.8. The number of aromatic amines is 1. The van der Waals surface area contributed by atoms with Crippen LogP contribution in [0.3, 0.4) is 0 Å². The second-order valence-corrected chi connectivity index (χ2v) is 21.8. The van der Waals surface area contributed by atoms with Crippen LogP contribution in [0.25, 0.3) is 105 Å². The lowest BCUT2D eigenvalue weighted by molar-refractivity contribution is 0.445. The van der Waals surface area contributed by atoms with E-state index in [1.54, 1.807) is 0 Å². The average Bonchev–Trinajstić information content (AvgIpc) is 4.16. The molecule has 0 amide bonds. The molecule has 1 aromatic heterocycles. The number of aliphatic imine (C=N–C) groups is 1. The molecule has 0 saturated carbocycles. The fourth-order valence-corrected chi connectivity index (χ4v) is 12.7. The van der Waals surface area contributed by atoms with E-state index in [2.05, 4.69) is 288 Å². The van der Waals surface area contributed by atoms with Gasteiger partial charge in [-0.25, -0.2) is 0 Å². The summed E-state index contributed by atoms with van der Waals surface area (Å²) >= 11 is 0. The monoisotopic (exact) mass is 1070 g/mol. The van der Waals surface area contributed by atoms with Gasteiger partial charge in [0.2, 0.25) is 0 Å². The van der Waals surface area contributed by atoms with Crippen molar-refractivity contribution in [3.8, 4) is 33.4 Å². The molecule has 0 aliphatic carbocycles. The van der Waals surface area contributed by atoms with Crippen LogP contribution in [0.2, 0.25) is 0 Å². The molecule has 2 aliphatic heterocycles. The van der Waals surface area contributed by atoms with Crippen LogP contribution in [0.5, 0.6) is 0 Å². The van der Waals surface area contributed by atoms with E-state index in [0.29, 0.717) is 0 Å². The molecule has 0 bridgehead atoms. The summed E-state index contributed by atoms with van der Waals surface area (Å²) in [6.45, 7) is 2.02. The highest BCUT2D eigenvalue weighted by Crippen LogP contribution is 2.41. The first-order valence-corrected chi connectivity index (χ1v) is 28.6. The Hall–Kier alpha value is -10.5. The number of nitrogens with one attached hydrogen (secondary N) is 4. The SMILES string of the molecule is C/C=C\c1cccc(-c2ccc(C3=CC(c4c5ccccc5cc5ccccc45)NC(c4ccc(-c5ccc(C6N=C(c7c8ccccc8cc8ccccc78)C=C(c7ccc(-c8cccc9cc[nH]c89)cc7)N6)cc5)cc4)N3)cc2)c1N. The first kappa shape index (κ1) is 49.5. The van der Waals surface area contributed by atoms with Crippen molar-refractivity contribution < 1.29 is 0 Å². The van der Waals surface area contributed by atoms with Crippen molar-refractivity contribution in [2.45, 2.75) is 25.3 Å². The van der Waals surface area contributed by atoms with Gasteiger partial charge >= 0.3 is 0 Å². The van der Waals surface area contributed by atoms with E-state index >= 15 is 0 Å². The van der Waals surface area contributed by atoms with Crippen molar-refractivity contribution in [2.24, 2.45) is 4.99 Å². The minimum Gasteiger partial charge on any atom is -0.398 e. The van der Waals surface area contributed by atoms with Crippen LogP contribution in [-0.2, 0) is 0 Å². The maximum Gasteiger partial charge on any atom is 0.145 e. The van der Waals surface area contributed by atoms with Gasteiger partial charge in [0.25, 0.3) is 0 Å². The number of aromatic nitrogens is 1. The van der Waals surface area contributed by atoms with Crippen LogP contribution >= 0.6 is 0 Å². The van der Waals surface area contributed by atoms with Gasteiger partial charge in [-0.15, -0.1) is 0 Å². The Kier molecular flexibility index (Phi) is 12.4. The van der Waals surface area contributed by atoms with Crippen LogP contribution in [0, 0.1) is 0 Å². The largest absolute Gasteiger partial charge is 0.398 e. The fraction of sp³-hybridized carbons (Fsp3) is 0.0519. The molecule has 6 N–H and O–H groups in total. The maximum atomic E-state index is 6.73. The highest BCUT2D eigenvalue weighted by Gasteiger charge is 2.28. The second-order valence-electron chi connectivity index (χ2n) is 21.8. The van der Waals surface area contributed by atoms with Crippen molar-refractivity contribution in [1.29, 1.82) is 0 Å². The van der Waals surface area contributed by atoms with Gasteiger partial charge in [0.1, 0.15) is 12.3 Å². The maximum absolute atomic E-state index is 6.73. The quantitative estimate of drug-likeness (QED) is 0.0697. The Labute approximate surface area is 482 Å². The Morgan fingerprint density at radius 2 is 0.952 bits per heavy atom. The number of nitrogen functional groups attached to an aromatic ring is 1. The molecule has 0 spiro atoms. The topological polar surface area (TPSA) is 90.3 Å². The normalized spacial score (nSPS) is 16.3. The van der Waals surface area contributed by atoms with E-state index in [1.165, 1.54) is 59.6 Å². The summed E-state index contributed by atoms with van der Waals surface area (Å²) in [7, 11) is 0. The molecule has 12 aromatic carbocycles. The van der Waals surface area contributed by atoms with Crippen molar-refractivity contribution in [3.63, 3.8) is 0 Å². The third kappa shape index (κ3) is 9.12. The predicted molar refractivity (Wildman–Crippen MR) is 350 cm³/mol. The molecule has 0 radical (unpaired) electrons. The van der Waals surface area contributed by atoms with Crippen LogP contribution < -0.4 is 21.7 Å². The number of nitrogens with zero attached hydrogens (tertiary/aromatic N) is 1. The summed E-state index contributed by atoms with van der Waals surface area (Å²) in [5, 5.41) is 22.7. The Morgan fingerprint density at radius 1 is 0.446 bits per heavy atom.